The first-order chi connectivity index (χ1) is 29.8. The standard InChI is InChI=1S/C54H79N3O6/c1-34(2)44-40(58)31-54(55-48(61)57-29-15-18-36(57)32-56-27-13-14-28-56)26-25-52(8)37(45(44)54)19-20-42-51(7)23-22-43(50(5,6)41(51)21-24-53(42,52)9)63-47(60)39-30-38(49(39,3)4)46(59)62-33-35-16-11-10-12-17-35/h10-12,16-17,34,36-39,41-43H,13-15,18-33H2,1-9H3,(H,55,61)/t36-,37+,38-,39+,41-,42+,43-,51-,52+,53+,54+/m0/s1. The first kappa shape index (κ1) is 45.0. The molecule has 1 N–H and O–H groups in total. The van der Waals surface area contributed by atoms with Crippen molar-refractivity contribution in [3.8, 4) is 0 Å². The molecule has 5 saturated carbocycles. The number of rotatable bonds is 9. The van der Waals surface area contributed by atoms with E-state index in [0.29, 0.717) is 24.7 Å². The second kappa shape index (κ2) is 16.0. The summed E-state index contributed by atoms with van der Waals surface area (Å²) in [5.41, 5.74) is 2.08. The van der Waals surface area contributed by atoms with E-state index in [9.17, 15) is 19.2 Å². The number of fused-ring (bicyclic) bond motifs is 7. The van der Waals surface area contributed by atoms with Crippen LogP contribution in [0.1, 0.15) is 158 Å². The summed E-state index contributed by atoms with van der Waals surface area (Å²) in [6.07, 6.45) is 13.4. The Morgan fingerprint density at radius 1 is 0.762 bits per heavy atom. The molecule has 7 fully saturated rings. The summed E-state index contributed by atoms with van der Waals surface area (Å²) < 4.78 is 12.3. The second-order valence-electron chi connectivity index (χ2n) is 24.2. The smallest absolute Gasteiger partial charge is 0.318 e. The summed E-state index contributed by atoms with van der Waals surface area (Å²) in [6.45, 7) is 25.2. The Morgan fingerprint density at radius 3 is 2.17 bits per heavy atom. The lowest BCUT2D eigenvalue weighted by molar-refractivity contribution is -0.235. The molecule has 0 spiro atoms. The quantitative estimate of drug-likeness (QED) is 0.247. The Bertz CT molecular complexity index is 2000. The van der Waals surface area contributed by atoms with Gasteiger partial charge >= 0.3 is 18.0 Å². The number of Topliss-reactive ketones (excluding diaryl/α,β-unsaturated/α-hetero) is 1. The monoisotopic (exact) mass is 866 g/mol. The highest BCUT2D eigenvalue weighted by atomic mass is 16.5. The predicted octanol–water partition coefficient (Wildman–Crippen LogP) is 10.3. The Morgan fingerprint density at radius 2 is 1.48 bits per heavy atom. The van der Waals surface area contributed by atoms with Crippen molar-refractivity contribution in [1.82, 2.24) is 15.1 Å². The van der Waals surface area contributed by atoms with Crippen molar-refractivity contribution in [2.75, 3.05) is 26.2 Å². The number of amides is 2. The molecular weight excluding hydrogens is 787 g/mol. The number of hydrogen-bond donors (Lipinski definition) is 1. The molecule has 63 heavy (non-hydrogen) atoms. The zero-order chi connectivity index (χ0) is 44.9. The topological polar surface area (TPSA) is 105 Å². The molecule has 9 rings (SSSR count). The Hall–Kier alpha value is -3.20. The van der Waals surface area contributed by atoms with Crippen molar-refractivity contribution >= 4 is 23.8 Å². The molecule has 9 heteroatoms. The SMILES string of the molecule is CC(C)C1=C2[C@H]3CC[C@@H]4[C@@]5(C)CC[C@H](OC(=O)[C@H]6C[C@@H](C(=O)OCc7ccccc7)C6(C)C)C(C)(C)[C@@H]5CC[C@@]4(C)[C@]3(C)CC[C@@]2(NC(=O)N2CCC[C@H]2CN2CCCC2)CC1=O. The van der Waals surface area contributed by atoms with Gasteiger partial charge in [0.2, 0.25) is 0 Å². The van der Waals surface area contributed by atoms with Crippen LogP contribution < -0.4 is 5.32 Å². The highest BCUT2D eigenvalue weighted by Crippen LogP contribution is 2.76. The van der Waals surface area contributed by atoms with E-state index in [0.717, 1.165) is 102 Å². The van der Waals surface area contributed by atoms with Gasteiger partial charge in [-0.2, -0.15) is 0 Å². The van der Waals surface area contributed by atoms with Crippen LogP contribution in [-0.2, 0) is 30.5 Å². The molecule has 346 valence electrons. The van der Waals surface area contributed by atoms with Crippen molar-refractivity contribution in [2.24, 2.45) is 62.6 Å². The van der Waals surface area contributed by atoms with Gasteiger partial charge in [-0.3, -0.25) is 14.4 Å². The molecule has 2 saturated heterocycles. The maximum absolute atomic E-state index is 14.5. The van der Waals surface area contributed by atoms with E-state index in [1.807, 2.05) is 44.2 Å². The lowest BCUT2D eigenvalue weighted by Gasteiger charge is -2.72. The van der Waals surface area contributed by atoms with Crippen LogP contribution in [0.25, 0.3) is 0 Å². The van der Waals surface area contributed by atoms with Crippen LogP contribution >= 0.6 is 0 Å². The number of carbonyl (C=O) groups is 4. The van der Waals surface area contributed by atoms with Gasteiger partial charge in [0.15, 0.2) is 5.78 Å². The van der Waals surface area contributed by atoms with Gasteiger partial charge in [-0.25, -0.2) is 4.79 Å². The number of ether oxygens (including phenoxy) is 2. The minimum Gasteiger partial charge on any atom is -0.462 e. The number of hydrogen-bond acceptors (Lipinski definition) is 7. The fourth-order valence-corrected chi connectivity index (χ4v) is 16.5. The molecule has 11 atom stereocenters. The molecule has 2 heterocycles. The van der Waals surface area contributed by atoms with Gasteiger partial charge < -0.3 is 24.6 Å². The van der Waals surface area contributed by atoms with Gasteiger partial charge in [0.1, 0.15) is 12.7 Å². The average Bonchev–Trinajstić information content (AvgIpc) is 3.98. The van der Waals surface area contributed by atoms with Gasteiger partial charge in [-0.05, 0) is 159 Å². The van der Waals surface area contributed by atoms with E-state index < -0.39 is 11.0 Å². The lowest BCUT2D eigenvalue weighted by atomic mass is 9.33. The third kappa shape index (κ3) is 7.07. The molecule has 2 amide bonds. The van der Waals surface area contributed by atoms with Crippen molar-refractivity contribution < 1.29 is 28.7 Å². The van der Waals surface area contributed by atoms with E-state index >= 15 is 0 Å². The third-order valence-corrected chi connectivity index (χ3v) is 20.3. The van der Waals surface area contributed by atoms with Crippen molar-refractivity contribution in [3.05, 3.63) is 47.0 Å². The highest BCUT2D eigenvalue weighted by Gasteiger charge is 2.71. The third-order valence-electron chi connectivity index (χ3n) is 20.3. The lowest BCUT2D eigenvalue weighted by Crippen LogP contribution is -2.68. The molecule has 1 aromatic rings. The molecule has 2 aliphatic heterocycles. The molecule has 9 nitrogen and oxygen atoms in total. The van der Waals surface area contributed by atoms with Crippen LogP contribution in [0.2, 0.25) is 0 Å². The van der Waals surface area contributed by atoms with Crippen LogP contribution in [0.4, 0.5) is 4.79 Å². The number of carbonyl (C=O) groups excluding carboxylic acids is 4. The largest absolute Gasteiger partial charge is 0.462 e. The summed E-state index contributed by atoms with van der Waals surface area (Å²) in [7, 11) is 0. The van der Waals surface area contributed by atoms with Crippen LogP contribution in [-0.4, -0.2) is 77.4 Å². The van der Waals surface area contributed by atoms with Gasteiger partial charge in [-0.1, -0.05) is 92.6 Å². The molecular formula is C54H79N3O6. The zero-order valence-corrected chi connectivity index (χ0v) is 40.3. The van der Waals surface area contributed by atoms with E-state index in [4.69, 9.17) is 9.47 Å². The van der Waals surface area contributed by atoms with E-state index in [-0.39, 0.29) is 87.8 Å². The summed E-state index contributed by atoms with van der Waals surface area (Å²) in [5.74, 6) is 0.482. The van der Waals surface area contributed by atoms with E-state index in [1.54, 1.807) is 0 Å². The number of benzene rings is 1. The van der Waals surface area contributed by atoms with Gasteiger partial charge in [0.25, 0.3) is 0 Å². The number of nitrogens with one attached hydrogen (secondary N) is 1. The number of allylic oxidation sites excluding steroid dienone is 1. The van der Waals surface area contributed by atoms with E-state index in [2.05, 4.69) is 63.6 Å². The molecule has 0 unspecified atom stereocenters. The Balaban J connectivity index is 0.901. The normalized spacial score (nSPS) is 40.4. The summed E-state index contributed by atoms with van der Waals surface area (Å²) in [6, 6.07) is 10.0. The molecule has 8 aliphatic rings. The highest BCUT2D eigenvalue weighted by molar-refractivity contribution is 6.02. The second-order valence-corrected chi connectivity index (χ2v) is 24.2. The molecule has 0 bridgehead atoms. The summed E-state index contributed by atoms with van der Waals surface area (Å²) in [5, 5.41) is 3.69. The first-order valence-corrected chi connectivity index (χ1v) is 25.3. The maximum Gasteiger partial charge on any atom is 0.318 e. The first-order valence-electron chi connectivity index (χ1n) is 25.3. The van der Waals surface area contributed by atoms with Crippen molar-refractivity contribution in [3.63, 3.8) is 0 Å². The maximum atomic E-state index is 14.5. The van der Waals surface area contributed by atoms with Crippen molar-refractivity contribution in [2.45, 2.75) is 176 Å². The molecule has 0 aromatic heterocycles. The number of esters is 2. The Kier molecular flexibility index (Phi) is 11.4. The van der Waals surface area contributed by atoms with Crippen LogP contribution in [0.15, 0.2) is 41.5 Å². The number of likely N-dealkylation sites (tertiary alicyclic amines) is 2. The molecule has 1 aromatic carbocycles. The van der Waals surface area contributed by atoms with Gasteiger partial charge in [0, 0.05) is 31.0 Å². The van der Waals surface area contributed by atoms with Crippen molar-refractivity contribution in [1.29, 1.82) is 0 Å². The fourth-order valence-electron chi connectivity index (χ4n) is 16.5. The predicted molar refractivity (Wildman–Crippen MR) is 245 cm³/mol. The molecule has 0 radical (unpaired) electrons. The molecule has 6 aliphatic carbocycles. The number of urea groups is 1. The van der Waals surface area contributed by atoms with Crippen LogP contribution in [0.5, 0.6) is 0 Å². The summed E-state index contributed by atoms with van der Waals surface area (Å²) >= 11 is 0. The minimum atomic E-state index is -0.593. The summed E-state index contributed by atoms with van der Waals surface area (Å²) in [4.78, 5) is 60.7. The zero-order valence-electron chi connectivity index (χ0n) is 40.3. The Labute approximate surface area is 378 Å². The van der Waals surface area contributed by atoms with Gasteiger partial charge in [0.05, 0.1) is 17.4 Å². The van der Waals surface area contributed by atoms with Gasteiger partial charge in [-0.15, -0.1) is 0 Å². The van der Waals surface area contributed by atoms with Crippen LogP contribution in [0.3, 0.4) is 0 Å². The number of nitrogens with zero attached hydrogens (tertiary/aromatic N) is 2. The minimum absolute atomic E-state index is 0.00774. The fraction of sp³-hybridized carbons (Fsp3) is 0.778. The average molecular weight is 866 g/mol. The van der Waals surface area contributed by atoms with Crippen LogP contribution in [0, 0.1) is 62.6 Å². The number of ketones is 1. The van der Waals surface area contributed by atoms with E-state index in [1.165, 1.54) is 18.4 Å².